The standard InChI is InChI=1S/C18H20ClN7O3S/c1-10(11-3-4-11)26-16-14(9-23-18(19)25-16)24-15(17(26)27)22-7-12-5-6-13(8-21-12)30(28,29)20-2/h5-6,8-11,20H,3-4,7H2,1-2H3,(H,22,24)/t10-/m0/s1. The molecule has 1 aliphatic rings. The number of sulfonamides is 1. The summed E-state index contributed by atoms with van der Waals surface area (Å²) in [5, 5.41) is 3.06. The molecule has 10 nitrogen and oxygen atoms in total. The Labute approximate surface area is 177 Å². The van der Waals surface area contributed by atoms with E-state index in [9.17, 15) is 13.2 Å². The average molecular weight is 450 g/mol. The van der Waals surface area contributed by atoms with Crippen LogP contribution in [0.2, 0.25) is 5.28 Å². The van der Waals surface area contributed by atoms with Gasteiger partial charge in [-0.25, -0.2) is 23.1 Å². The lowest BCUT2D eigenvalue weighted by Gasteiger charge is -2.18. The van der Waals surface area contributed by atoms with Crippen LogP contribution >= 0.6 is 11.6 Å². The Bertz CT molecular complexity index is 1260. The Morgan fingerprint density at radius 2 is 2.00 bits per heavy atom. The number of pyridine rings is 1. The van der Waals surface area contributed by atoms with Gasteiger partial charge in [0, 0.05) is 12.2 Å². The first-order valence-electron chi connectivity index (χ1n) is 9.37. The molecule has 0 bridgehead atoms. The lowest BCUT2D eigenvalue weighted by atomic mass is 10.2. The molecular formula is C18H20ClN7O3S. The molecular weight excluding hydrogens is 430 g/mol. The zero-order valence-corrected chi connectivity index (χ0v) is 17.9. The van der Waals surface area contributed by atoms with E-state index in [1.54, 1.807) is 10.6 Å². The summed E-state index contributed by atoms with van der Waals surface area (Å²) < 4.78 is 27.5. The van der Waals surface area contributed by atoms with Crippen LogP contribution in [0.4, 0.5) is 5.82 Å². The predicted octanol–water partition coefficient (Wildman–Crippen LogP) is 1.73. The van der Waals surface area contributed by atoms with Crippen LogP contribution in [0.5, 0.6) is 0 Å². The van der Waals surface area contributed by atoms with E-state index in [0.717, 1.165) is 12.8 Å². The highest BCUT2D eigenvalue weighted by Gasteiger charge is 2.31. The summed E-state index contributed by atoms with van der Waals surface area (Å²) in [4.78, 5) is 29.9. The molecule has 2 N–H and O–H groups in total. The first-order valence-corrected chi connectivity index (χ1v) is 11.2. The van der Waals surface area contributed by atoms with Crippen molar-refractivity contribution in [2.45, 2.75) is 37.2 Å². The summed E-state index contributed by atoms with van der Waals surface area (Å²) >= 11 is 5.94. The van der Waals surface area contributed by atoms with Gasteiger partial charge in [-0.15, -0.1) is 0 Å². The molecule has 0 saturated heterocycles. The topological polar surface area (TPSA) is 132 Å². The number of fused-ring (bicyclic) bond motifs is 1. The molecule has 0 spiro atoms. The van der Waals surface area contributed by atoms with E-state index in [-0.39, 0.29) is 34.1 Å². The molecule has 3 aromatic heterocycles. The van der Waals surface area contributed by atoms with Crippen molar-refractivity contribution >= 4 is 38.6 Å². The zero-order valence-electron chi connectivity index (χ0n) is 16.3. The third-order valence-electron chi connectivity index (χ3n) is 5.13. The van der Waals surface area contributed by atoms with Crippen LogP contribution in [0.25, 0.3) is 11.2 Å². The SMILES string of the molecule is CNS(=O)(=O)c1ccc(CNc2nc3cnc(Cl)nc3n([C@@H](C)C3CC3)c2=O)nc1. The summed E-state index contributed by atoms with van der Waals surface area (Å²) in [5.74, 6) is 0.563. The Kier molecular flexibility index (Phi) is 5.43. The normalized spacial score (nSPS) is 15.3. The Balaban J connectivity index is 1.65. The van der Waals surface area contributed by atoms with E-state index in [2.05, 4.69) is 30.0 Å². The third kappa shape index (κ3) is 4.00. The summed E-state index contributed by atoms with van der Waals surface area (Å²) in [5.41, 5.74) is 1.12. The molecule has 12 heteroatoms. The average Bonchev–Trinajstić information content (AvgIpc) is 3.58. The molecule has 1 saturated carbocycles. The molecule has 1 fully saturated rings. The van der Waals surface area contributed by atoms with Crippen molar-refractivity contribution in [2.24, 2.45) is 5.92 Å². The van der Waals surface area contributed by atoms with Crippen LogP contribution in [-0.4, -0.2) is 40.0 Å². The van der Waals surface area contributed by atoms with Crippen LogP contribution in [0, 0.1) is 5.92 Å². The van der Waals surface area contributed by atoms with E-state index in [1.807, 2.05) is 6.92 Å². The Hall–Kier alpha value is -2.63. The minimum Gasteiger partial charge on any atom is -0.360 e. The maximum absolute atomic E-state index is 13.1. The van der Waals surface area contributed by atoms with Crippen LogP contribution in [0.1, 0.15) is 31.5 Å². The second-order valence-electron chi connectivity index (χ2n) is 7.11. The van der Waals surface area contributed by atoms with Crippen molar-refractivity contribution in [1.29, 1.82) is 0 Å². The molecule has 0 aliphatic heterocycles. The van der Waals surface area contributed by atoms with Gasteiger partial charge in [-0.1, -0.05) is 0 Å². The predicted molar refractivity (Wildman–Crippen MR) is 112 cm³/mol. The number of hydrogen-bond donors (Lipinski definition) is 2. The lowest BCUT2D eigenvalue weighted by molar-refractivity contribution is 0.482. The highest BCUT2D eigenvalue weighted by Crippen LogP contribution is 2.39. The summed E-state index contributed by atoms with van der Waals surface area (Å²) in [7, 11) is -2.22. The summed E-state index contributed by atoms with van der Waals surface area (Å²) in [6, 6.07) is 2.98. The third-order valence-corrected chi connectivity index (χ3v) is 6.71. The molecule has 4 rings (SSSR count). The number of halogens is 1. The monoisotopic (exact) mass is 449 g/mol. The first-order chi connectivity index (χ1) is 14.3. The molecule has 158 valence electrons. The summed E-state index contributed by atoms with van der Waals surface area (Å²) in [6.07, 6.45) is 4.87. The van der Waals surface area contributed by atoms with E-state index < -0.39 is 10.0 Å². The van der Waals surface area contributed by atoms with Gasteiger partial charge >= 0.3 is 0 Å². The highest BCUT2D eigenvalue weighted by atomic mass is 35.5. The zero-order chi connectivity index (χ0) is 21.5. The maximum Gasteiger partial charge on any atom is 0.295 e. The molecule has 3 heterocycles. The van der Waals surface area contributed by atoms with Crippen LogP contribution in [0.3, 0.4) is 0 Å². The van der Waals surface area contributed by atoms with Gasteiger partial charge in [0.25, 0.3) is 5.56 Å². The minimum absolute atomic E-state index is 0.0429. The summed E-state index contributed by atoms with van der Waals surface area (Å²) in [6.45, 7) is 2.18. The van der Waals surface area contributed by atoms with Gasteiger partial charge in [-0.3, -0.25) is 14.3 Å². The lowest BCUT2D eigenvalue weighted by Crippen LogP contribution is -2.29. The second-order valence-corrected chi connectivity index (χ2v) is 9.33. The second kappa shape index (κ2) is 7.89. The van der Waals surface area contributed by atoms with Crippen LogP contribution in [-0.2, 0) is 16.6 Å². The Morgan fingerprint density at radius 3 is 2.63 bits per heavy atom. The van der Waals surface area contributed by atoms with E-state index in [0.29, 0.717) is 22.8 Å². The fraction of sp³-hybridized carbons (Fsp3) is 0.389. The van der Waals surface area contributed by atoms with E-state index >= 15 is 0 Å². The molecule has 3 aromatic rings. The molecule has 0 radical (unpaired) electrons. The number of anilines is 1. The van der Waals surface area contributed by atoms with Crippen molar-refractivity contribution < 1.29 is 8.42 Å². The van der Waals surface area contributed by atoms with Crippen molar-refractivity contribution in [3.63, 3.8) is 0 Å². The van der Waals surface area contributed by atoms with Gasteiger partial charge in [-0.05, 0) is 56.5 Å². The first kappa shape index (κ1) is 20.6. The highest BCUT2D eigenvalue weighted by molar-refractivity contribution is 7.89. The van der Waals surface area contributed by atoms with Crippen molar-refractivity contribution in [3.05, 3.63) is 45.9 Å². The van der Waals surface area contributed by atoms with Crippen molar-refractivity contribution in [3.8, 4) is 0 Å². The molecule has 0 amide bonds. The van der Waals surface area contributed by atoms with E-state index in [4.69, 9.17) is 11.6 Å². The van der Waals surface area contributed by atoms with Gasteiger partial charge in [-0.2, -0.15) is 4.98 Å². The maximum atomic E-state index is 13.1. The van der Waals surface area contributed by atoms with Gasteiger partial charge in [0.15, 0.2) is 11.5 Å². The van der Waals surface area contributed by atoms with Crippen LogP contribution in [0.15, 0.2) is 34.2 Å². The van der Waals surface area contributed by atoms with Gasteiger partial charge in [0.2, 0.25) is 15.3 Å². The largest absolute Gasteiger partial charge is 0.360 e. The smallest absolute Gasteiger partial charge is 0.295 e. The molecule has 0 aromatic carbocycles. The molecule has 0 unspecified atom stereocenters. The number of aromatic nitrogens is 5. The van der Waals surface area contributed by atoms with Gasteiger partial charge < -0.3 is 5.32 Å². The van der Waals surface area contributed by atoms with E-state index in [1.165, 1.54) is 25.5 Å². The quantitative estimate of drug-likeness (QED) is 0.521. The number of hydrogen-bond acceptors (Lipinski definition) is 8. The van der Waals surface area contributed by atoms with Crippen molar-refractivity contribution in [2.75, 3.05) is 12.4 Å². The van der Waals surface area contributed by atoms with Gasteiger partial charge in [0.05, 0.1) is 18.4 Å². The minimum atomic E-state index is -3.56. The number of nitrogens with zero attached hydrogens (tertiary/aromatic N) is 5. The molecule has 30 heavy (non-hydrogen) atoms. The fourth-order valence-corrected chi connectivity index (χ4v) is 4.03. The number of nitrogens with one attached hydrogen (secondary N) is 2. The number of rotatable bonds is 7. The van der Waals surface area contributed by atoms with Crippen LogP contribution < -0.4 is 15.6 Å². The molecule has 1 atom stereocenters. The fourth-order valence-electron chi connectivity index (χ4n) is 3.23. The van der Waals surface area contributed by atoms with Crippen molar-refractivity contribution in [1.82, 2.24) is 29.2 Å². The molecule has 1 aliphatic carbocycles. The Morgan fingerprint density at radius 1 is 1.23 bits per heavy atom. The van der Waals surface area contributed by atoms with Gasteiger partial charge in [0.1, 0.15) is 10.4 Å².